The summed E-state index contributed by atoms with van der Waals surface area (Å²) in [4.78, 5) is 3.85. The first-order valence-corrected chi connectivity index (χ1v) is 4.25. The molecule has 1 aromatic heterocycles. The summed E-state index contributed by atoms with van der Waals surface area (Å²) in [5.41, 5.74) is 6.11. The zero-order chi connectivity index (χ0) is 8.43. The maximum atomic E-state index is 8.53. The minimum atomic E-state index is 0.228. The average molecular weight is 277 g/mol. The van der Waals surface area contributed by atoms with Gasteiger partial charge in [-0.05, 0) is 37.9 Å². The molecule has 0 aromatic carbocycles. The van der Waals surface area contributed by atoms with Crippen LogP contribution in [0.25, 0.3) is 0 Å². The number of halogens is 2. The van der Waals surface area contributed by atoms with Crippen LogP contribution in [0.5, 0.6) is 0 Å². The van der Waals surface area contributed by atoms with Gasteiger partial charge in [0.05, 0.1) is 5.69 Å². The highest BCUT2D eigenvalue weighted by atomic mass is 79.9. The van der Waals surface area contributed by atoms with Crippen molar-refractivity contribution in [3.63, 3.8) is 0 Å². The predicted octanol–water partition coefficient (Wildman–Crippen LogP) is 2.06. The first-order chi connectivity index (χ1) is 5.15. The number of aromatic nitrogens is 1. The largest absolute Gasteiger partial charge is 0.395 e. The Bertz CT molecular complexity index is 329. The molecule has 0 saturated heterocycles. The summed E-state index contributed by atoms with van der Waals surface area (Å²) < 4.78 is 1.27. The van der Waals surface area contributed by atoms with Gasteiger partial charge < -0.3 is 5.73 Å². The quantitative estimate of drug-likeness (QED) is 0.738. The van der Waals surface area contributed by atoms with Crippen molar-refractivity contribution in [2.24, 2.45) is 0 Å². The highest BCUT2D eigenvalue weighted by Gasteiger charge is 2.04. The summed E-state index contributed by atoms with van der Waals surface area (Å²) in [7, 11) is 0. The molecule has 0 spiro atoms. The molecule has 5 heteroatoms. The van der Waals surface area contributed by atoms with E-state index in [1.807, 2.05) is 6.07 Å². The van der Waals surface area contributed by atoms with Crippen molar-refractivity contribution in [3.8, 4) is 6.07 Å². The van der Waals surface area contributed by atoms with Crippen LogP contribution < -0.4 is 5.73 Å². The van der Waals surface area contributed by atoms with Gasteiger partial charge in [-0.25, -0.2) is 4.98 Å². The number of nitrogens with two attached hydrogens (primary N) is 1. The van der Waals surface area contributed by atoms with Crippen LogP contribution in [0.15, 0.2) is 15.1 Å². The highest BCUT2D eigenvalue weighted by Crippen LogP contribution is 2.24. The zero-order valence-corrected chi connectivity index (χ0v) is 8.48. The van der Waals surface area contributed by atoms with Crippen LogP contribution in [-0.2, 0) is 0 Å². The maximum Gasteiger partial charge on any atom is 0.165 e. The predicted molar refractivity (Wildman–Crippen MR) is 48.8 cm³/mol. The van der Waals surface area contributed by atoms with Gasteiger partial charge in [0.2, 0.25) is 0 Å². The van der Waals surface area contributed by atoms with Crippen LogP contribution in [-0.4, -0.2) is 4.98 Å². The number of nitriles is 1. The molecule has 0 aliphatic carbocycles. The number of nitrogens with zero attached hydrogens (tertiary/aromatic N) is 2. The minimum absolute atomic E-state index is 0.228. The van der Waals surface area contributed by atoms with Gasteiger partial charge in [0.25, 0.3) is 0 Å². The number of rotatable bonds is 0. The van der Waals surface area contributed by atoms with Crippen LogP contribution in [0.3, 0.4) is 0 Å². The number of anilines is 1. The van der Waals surface area contributed by atoms with E-state index in [4.69, 9.17) is 11.0 Å². The molecule has 1 aromatic rings. The lowest BCUT2D eigenvalue weighted by atomic mass is 10.3. The van der Waals surface area contributed by atoms with E-state index in [2.05, 4.69) is 36.8 Å². The lowest BCUT2D eigenvalue weighted by Gasteiger charge is -1.99. The molecule has 3 nitrogen and oxygen atoms in total. The standard InChI is InChI=1S/C6H3Br2N3/c7-3-1-5(8)11-4(2-9)6(3)10/h1H,10H2. The molecule has 56 valence electrons. The van der Waals surface area contributed by atoms with Crippen LogP contribution in [0.2, 0.25) is 0 Å². The second-order valence-corrected chi connectivity index (χ2v) is 3.47. The van der Waals surface area contributed by atoms with E-state index < -0.39 is 0 Å². The zero-order valence-electron chi connectivity index (χ0n) is 5.31. The van der Waals surface area contributed by atoms with Crippen molar-refractivity contribution >= 4 is 37.5 Å². The van der Waals surface area contributed by atoms with Crippen LogP contribution in [0, 0.1) is 11.3 Å². The molecule has 0 saturated carbocycles. The van der Waals surface area contributed by atoms with E-state index in [1.54, 1.807) is 6.07 Å². The fourth-order valence-corrected chi connectivity index (χ4v) is 1.70. The lowest BCUT2D eigenvalue weighted by molar-refractivity contribution is 1.22. The molecule has 0 unspecified atom stereocenters. The molecule has 11 heavy (non-hydrogen) atoms. The molecule has 0 atom stereocenters. The lowest BCUT2D eigenvalue weighted by Crippen LogP contribution is -1.95. The Kier molecular flexibility index (Phi) is 2.47. The van der Waals surface area contributed by atoms with Gasteiger partial charge in [-0.3, -0.25) is 0 Å². The number of nitrogen functional groups attached to an aromatic ring is 1. The fraction of sp³-hybridized carbons (Fsp3) is 0. The normalized spacial score (nSPS) is 9.18. The Morgan fingerprint density at radius 1 is 1.55 bits per heavy atom. The molecule has 2 N–H and O–H groups in total. The van der Waals surface area contributed by atoms with Crippen LogP contribution in [0.4, 0.5) is 5.69 Å². The summed E-state index contributed by atoms with van der Waals surface area (Å²) >= 11 is 6.33. The van der Waals surface area contributed by atoms with E-state index in [9.17, 15) is 0 Å². The summed E-state index contributed by atoms with van der Waals surface area (Å²) in [5.74, 6) is 0. The summed E-state index contributed by atoms with van der Waals surface area (Å²) in [6.45, 7) is 0. The summed E-state index contributed by atoms with van der Waals surface area (Å²) in [6, 6.07) is 3.57. The molecule has 0 fully saturated rings. The third kappa shape index (κ3) is 1.70. The van der Waals surface area contributed by atoms with Crippen molar-refractivity contribution in [2.45, 2.75) is 0 Å². The van der Waals surface area contributed by atoms with Gasteiger partial charge >= 0.3 is 0 Å². The van der Waals surface area contributed by atoms with Gasteiger partial charge in [0.15, 0.2) is 5.69 Å². The van der Waals surface area contributed by atoms with E-state index in [1.165, 1.54) is 0 Å². The van der Waals surface area contributed by atoms with Gasteiger partial charge in [-0.2, -0.15) is 5.26 Å². The Morgan fingerprint density at radius 2 is 2.18 bits per heavy atom. The van der Waals surface area contributed by atoms with Crippen molar-refractivity contribution < 1.29 is 0 Å². The molecule has 0 bridgehead atoms. The fourth-order valence-electron chi connectivity index (χ4n) is 0.580. The van der Waals surface area contributed by atoms with Gasteiger partial charge in [-0.1, -0.05) is 0 Å². The van der Waals surface area contributed by atoms with Gasteiger partial charge in [-0.15, -0.1) is 0 Å². The monoisotopic (exact) mass is 275 g/mol. The smallest absolute Gasteiger partial charge is 0.165 e. The number of pyridine rings is 1. The third-order valence-electron chi connectivity index (χ3n) is 1.08. The van der Waals surface area contributed by atoms with Crippen molar-refractivity contribution in [3.05, 3.63) is 20.8 Å². The Balaban J connectivity index is 3.39. The third-order valence-corrected chi connectivity index (χ3v) is 2.15. The highest BCUT2D eigenvalue weighted by molar-refractivity contribution is 9.11. The molecular formula is C6H3Br2N3. The van der Waals surface area contributed by atoms with Crippen molar-refractivity contribution in [1.29, 1.82) is 5.26 Å². The second-order valence-electron chi connectivity index (χ2n) is 1.80. The average Bonchev–Trinajstić information content (AvgIpc) is 1.96. The molecule has 1 heterocycles. The van der Waals surface area contributed by atoms with E-state index in [-0.39, 0.29) is 5.69 Å². The second kappa shape index (κ2) is 3.20. The Hall–Kier alpha value is -0.600. The Labute approximate surface area is 80.5 Å². The van der Waals surface area contributed by atoms with Crippen LogP contribution in [0.1, 0.15) is 5.69 Å². The first-order valence-electron chi connectivity index (χ1n) is 2.66. The minimum Gasteiger partial charge on any atom is -0.395 e. The number of hydrogen-bond acceptors (Lipinski definition) is 3. The molecule has 0 amide bonds. The van der Waals surface area contributed by atoms with Gasteiger partial charge in [0.1, 0.15) is 10.7 Å². The van der Waals surface area contributed by atoms with E-state index >= 15 is 0 Å². The van der Waals surface area contributed by atoms with Crippen molar-refractivity contribution in [1.82, 2.24) is 4.98 Å². The Morgan fingerprint density at radius 3 is 2.73 bits per heavy atom. The molecular weight excluding hydrogens is 274 g/mol. The molecule has 0 aliphatic rings. The van der Waals surface area contributed by atoms with Crippen molar-refractivity contribution in [2.75, 3.05) is 5.73 Å². The van der Waals surface area contributed by atoms with E-state index in [0.717, 1.165) is 0 Å². The van der Waals surface area contributed by atoms with Gasteiger partial charge in [0, 0.05) is 4.47 Å². The molecule has 0 aliphatic heterocycles. The molecule has 1 rings (SSSR count). The summed E-state index contributed by atoms with van der Waals surface area (Å²) in [6.07, 6.45) is 0. The summed E-state index contributed by atoms with van der Waals surface area (Å²) in [5, 5.41) is 8.53. The van der Waals surface area contributed by atoms with Crippen LogP contribution >= 0.6 is 31.9 Å². The van der Waals surface area contributed by atoms with E-state index in [0.29, 0.717) is 14.8 Å². The first kappa shape index (κ1) is 8.50. The SMILES string of the molecule is N#Cc1nc(Br)cc(Br)c1N. The maximum absolute atomic E-state index is 8.53. The number of hydrogen-bond donors (Lipinski definition) is 1. The molecule has 0 radical (unpaired) electrons. The topological polar surface area (TPSA) is 62.7 Å².